The van der Waals surface area contributed by atoms with Gasteiger partial charge in [0.15, 0.2) is 0 Å². The van der Waals surface area contributed by atoms with Crippen LogP contribution in [0, 0.1) is 11.3 Å². The fraction of sp³-hybridized carbons (Fsp3) is 0. The number of para-hydroxylation sites is 2. The molecule has 3 nitrogen and oxygen atoms in total. The summed E-state index contributed by atoms with van der Waals surface area (Å²) in [4.78, 5) is 0. The molecule has 0 amide bonds. The summed E-state index contributed by atoms with van der Waals surface area (Å²) in [5.74, 6) is 0. The molecule has 0 atom stereocenters. The van der Waals surface area contributed by atoms with Gasteiger partial charge >= 0.3 is 0 Å². The van der Waals surface area contributed by atoms with Crippen molar-refractivity contribution in [3.05, 3.63) is 53.1 Å². The molecule has 0 aliphatic heterocycles. The topological polar surface area (TPSA) is 61.8 Å². The predicted octanol–water partition coefficient (Wildman–Crippen LogP) is 3.54. The lowest BCUT2D eigenvalue weighted by Gasteiger charge is -2.11. The highest BCUT2D eigenvalue weighted by Gasteiger charge is 2.05. The van der Waals surface area contributed by atoms with Crippen molar-refractivity contribution in [3.63, 3.8) is 0 Å². The molecule has 0 aromatic heterocycles. The second-order valence-electron chi connectivity index (χ2n) is 3.48. The van der Waals surface area contributed by atoms with Gasteiger partial charge in [-0.3, -0.25) is 0 Å². The molecule has 0 aliphatic rings. The van der Waals surface area contributed by atoms with Gasteiger partial charge in [0.05, 0.1) is 27.6 Å². The summed E-state index contributed by atoms with van der Waals surface area (Å²) in [5, 5.41) is 12.6. The van der Waals surface area contributed by atoms with Crippen molar-refractivity contribution in [3.8, 4) is 6.07 Å². The molecular weight excluding hydrogens is 234 g/mol. The standard InChI is InChI=1S/C13H10ClN3/c14-10-5-3-7-12(13(10)16)17-11-6-2-1-4-9(11)8-15/h1-7,17H,16H2. The summed E-state index contributed by atoms with van der Waals surface area (Å²) >= 11 is 5.92. The molecule has 3 N–H and O–H groups in total. The van der Waals surface area contributed by atoms with Gasteiger partial charge in [-0.25, -0.2) is 0 Å². The molecule has 4 heteroatoms. The minimum Gasteiger partial charge on any atom is -0.396 e. The van der Waals surface area contributed by atoms with Gasteiger partial charge < -0.3 is 11.1 Å². The number of nitrogens with zero attached hydrogens (tertiary/aromatic N) is 1. The third-order valence-electron chi connectivity index (χ3n) is 2.37. The van der Waals surface area contributed by atoms with Crippen molar-refractivity contribution in [1.82, 2.24) is 0 Å². The zero-order chi connectivity index (χ0) is 12.3. The maximum absolute atomic E-state index is 8.97. The number of nitrogens with two attached hydrogens (primary N) is 1. The largest absolute Gasteiger partial charge is 0.396 e. The summed E-state index contributed by atoms with van der Waals surface area (Å²) in [6, 6.07) is 14.7. The van der Waals surface area contributed by atoms with Crippen LogP contribution < -0.4 is 11.1 Å². The molecule has 2 aromatic rings. The van der Waals surface area contributed by atoms with Crippen molar-refractivity contribution < 1.29 is 0 Å². The van der Waals surface area contributed by atoms with Crippen LogP contribution in [0.3, 0.4) is 0 Å². The van der Waals surface area contributed by atoms with Crippen molar-refractivity contribution in [2.24, 2.45) is 0 Å². The number of hydrogen-bond donors (Lipinski definition) is 2. The summed E-state index contributed by atoms with van der Waals surface area (Å²) in [7, 11) is 0. The maximum atomic E-state index is 8.97. The maximum Gasteiger partial charge on any atom is 0.101 e. The van der Waals surface area contributed by atoms with Crippen LogP contribution in [0.4, 0.5) is 17.1 Å². The van der Waals surface area contributed by atoms with Gasteiger partial charge in [-0.1, -0.05) is 29.8 Å². The molecule has 0 spiro atoms. The number of anilines is 3. The van der Waals surface area contributed by atoms with Gasteiger partial charge in [-0.05, 0) is 24.3 Å². The van der Waals surface area contributed by atoms with E-state index in [2.05, 4.69) is 11.4 Å². The number of hydrogen-bond acceptors (Lipinski definition) is 3. The molecule has 0 saturated heterocycles. The molecule has 0 radical (unpaired) electrons. The van der Waals surface area contributed by atoms with Crippen LogP contribution in [0.2, 0.25) is 5.02 Å². The van der Waals surface area contributed by atoms with Crippen molar-refractivity contribution in [2.45, 2.75) is 0 Å². The highest BCUT2D eigenvalue weighted by molar-refractivity contribution is 6.33. The van der Waals surface area contributed by atoms with Crippen LogP contribution in [0.25, 0.3) is 0 Å². The molecule has 84 valence electrons. The molecule has 0 heterocycles. The fourth-order valence-electron chi connectivity index (χ4n) is 1.48. The van der Waals surface area contributed by atoms with Crippen LogP contribution in [-0.2, 0) is 0 Å². The number of benzene rings is 2. The van der Waals surface area contributed by atoms with Crippen LogP contribution in [0.5, 0.6) is 0 Å². The van der Waals surface area contributed by atoms with Gasteiger partial charge in [0, 0.05) is 0 Å². The van der Waals surface area contributed by atoms with Crippen molar-refractivity contribution in [2.75, 3.05) is 11.1 Å². The lowest BCUT2D eigenvalue weighted by atomic mass is 10.2. The van der Waals surface area contributed by atoms with Crippen molar-refractivity contribution in [1.29, 1.82) is 5.26 Å². The number of rotatable bonds is 2. The lowest BCUT2D eigenvalue weighted by molar-refractivity contribution is 1.46. The Kier molecular flexibility index (Phi) is 3.17. The molecule has 2 rings (SSSR count). The van der Waals surface area contributed by atoms with E-state index in [9.17, 15) is 0 Å². The smallest absolute Gasteiger partial charge is 0.101 e. The zero-order valence-corrected chi connectivity index (χ0v) is 9.70. The molecule has 2 aromatic carbocycles. The molecule has 0 bridgehead atoms. The molecule has 0 fully saturated rings. The third-order valence-corrected chi connectivity index (χ3v) is 2.70. The van der Waals surface area contributed by atoms with Crippen LogP contribution in [0.1, 0.15) is 5.56 Å². The Morgan fingerprint density at radius 2 is 1.76 bits per heavy atom. The van der Waals surface area contributed by atoms with E-state index in [1.165, 1.54) is 0 Å². The Balaban J connectivity index is 2.39. The molecule has 0 aliphatic carbocycles. The molecule has 0 unspecified atom stereocenters. The predicted molar refractivity (Wildman–Crippen MR) is 70.3 cm³/mol. The Hall–Kier alpha value is -2.18. The van der Waals surface area contributed by atoms with Gasteiger partial charge in [0.1, 0.15) is 6.07 Å². The molecule has 17 heavy (non-hydrogen) atoms. The number of halogens is 1. The minimum atomic E-state index is 0.474. The van der Waals surface area contributed by atoms with Crippen LogP contribution >= 0.6 is 11.6 Å². The van der Waals surface area contributed by atoms with Gasteiger partial charge in [0.25, 0.3) is 0 Å². The molecule has 0 saturated carbocycles. The number of nitriles is 1. The monoisotopic (exact) mass is 243 g/mol. The normalized spacial score (nSPS) is 9.65. The molecular formula is C13H10ClN3. The van der Waals surface area contributed by atoms with Crippen LogP contribution in [0.15, 0.2) is 42.5 Å². The van der Waals surface area contributed by atoms with E-state index in [0.717, 1.165) is 0 Å². The van der Waals surface area contributed by atoms with E-state index in [-0.39, 0.29) is 0 Å². The van der Waals surface area contributed by atoms with Crippen LogP contribution in [-0.4, -0.2) is 0 Å². The van der Waals surface area contributed by atoms with E-state index < -0.39 is 0 Å². The van der Waals surface area contributed by atoms with Gasteiger partial charge in [0.2, 0.25) is 0 Å². The first kappa shape index (κ1) is 11.3. The van der Waals surface area contributed by atoms with Gasteiger partial charge in [-0.2, -0.15) is 5.26 Å². The summed E-state index contributed by atoms with van der Waals surface area (Å²) < 4.78 is 0. The second kappa shape index (κ2) is 4.77. The average Bonchev–Trinajstić information content (AvgIpc) is 2.35. The Bertz CT molecular complexity index is 587. The first-order valence-corrected chi connectivity index (χ1v) is 5.40. The van der Waals surface area contributed by atoms with E-state index in [4.69, 9.17) is 22.6 Å². The first-order valence-electron chi connectivity index (χ1n) is 5.02. The first-order chi connectivity index (χ1) is 8.22. The lowest BCUT2D eigenvalue weighted by Crippen LogP contribution is -1.98. The Labute approximate surface area is 104 Å². The van der Waals surface area contributed by atoms with Gasteiger partial charge in [-0.15, -0.1) is 0 Å². The van der Waals surface area contributed by atoms with E-state index in [1.807, 2.05) is 24.3 Å². The zero-order valence-electron chi connectivity index (χ0n) is 8.94. The van der Waals surface area contributed by atoms with E-state index in [0.29, 0.717) is 27.6 Å². The summed E-state index contributed by atoms with van der Waals surface area (Å²) in [6.45, 7) is 0. The fourth-order valence-corrected chi connectivity index (χ4v) is 1.66. The third kappa shape index (κ3) is 2.32. The highest BCUT2D eigenvalue weighted by atomic mass is 35.5. The number of nitrogens with one attached hydrogen (secondary N) is 1. The Morgan fingerprint density at radius 1 is 1.06 bits per heavy atom. The number of nitrogen functional groups attached to an aromatic ring is 1. The second-order valence-corrected chi connectivity index (χ2v) is 3.89. The van der Waals surface area contributed by atoms with E-state index in [1.54, 1.807) is 18.2 Å². The summed E-state index contributed by atoms with van der Waals surface area (Å²) in [5.41, 5.74) is 8.29. The Morgan fingerprint density at radius 3 is 2.53 bits per heavy atom. The van der Waals surface area contributed by atoms with Crippen molar-refractivity contribution >= 4 is 28.7 Å². The summed E-state index contributed by atoms with van der Waals surface area (Å²) in [6.07, 6.45) is 0. The van der Waals surface area contributed by atoms with E-state index >= 15 is 0 Å². The SMILES string of the molecule is N#Cc1ccccc1Nc1cccc(Cl)c1N. The average molecular weight is 244 g/mol. The quantitative estimate of drug-likeness (QED) is 0.793. The highest BCUT2D eigenvalue weighted by Crippen LogP contribution is 2.30. The minimum absolute atomic E-state index is 0.474.